The number of hydrogen-bond acceptors (Lipinski definition) is 2. The Morgan fingerprint density at radius 3 is 2.44 bits per heavy atom. The van der Waals surface area contributed by atoms with E-state index in [4.69, 9.17) is 16.3 Å². The van der Waals surface area contributed by atoms with E-state index in [0.29, 0.717) is 10.9 Å². The maximum absolute atomic E-state index is 9.45. The van der Waals surface area contributed by atoms with Gasteiger partial charge in [0.2, 0.25) is 0 Å². The van der Waals surface area contributed by atoms with Crippen LogP contribution in [0.25, 0.3) is 0 Å². The van der Waals surface area contributed by atoms with E-state index in [0.717, 1.165) is 16.9 Å². The van der Waals surface area contributed by atoms with Crippen LogP contribution in [0.4, 0.5) is 0 Å². The monoisotopic (exact) mass is 242 g/mol. The smallest absolute Gasteiger partial charge is 0.125 e. The van der Waals surface area contributed by atoms with Gasteiger partial charge in [-0.1, -0.05) is 25.4 Å². The number of rotatable bonds is 4. The molecule has 1 aromatic carbocycles. The number of halogens is 1. The largest absolute Gasteiger partial charge is 0.496 e. The van der Waals surface area contributed by atoms with Crippen LogP contribution in [0.1, 0.15) is 30.9 Å². The van der Waals surface area contributed by atoms with Gasteiger partial charge in [-0.2, -0.15) is 0 Å². The molecule has 2 nitrogen and oxygen atoms in total. The quantitative estimate of drug-likeness (QED) is 0.877. The summed E-state index contributed by atoms with van der Waals surface area (Å²) in [6.07, 6.45) is 0. The molecule has 0 saturated heterocycles. The molecule has 0 aromatic heterocycles. The molecule has 0 aliphatic rings. The highest BCUT2D eigenvalue weighted by Crippen LogP contribution is 2.36. The highest BCUT2D eigenvalue weighted by atomic mass is 35.5. The Morgan fingerprint density at radius 1 is 1.38 bits per heavy atom. The lowest BCUT2D eigenvalue weighted by Crippen LogP contribution is -2.13. The second kappa shape index (κ2) is 5.55. The predicted molar refractivity (Wildman–Crippen MR) is 67.4 cm³/mol. The lowest BCUT2D eigenvalue weighted by atomic mass is 9.87. The molecule has 0 saturated carbocycles. The molecular formula is C13H19ClO2. The number of aliphatic hydroxyl groups excluding tert-OH is 1. The van der Waals surface area contributed by atoms with Crippen molar-refractivity contribution in [3.05, 3.63) is 28.3 Å². The molecule has 0 amide bonds. The Hall–Kier alpha value is -0.730. The van der Waals surface area contributed by atoms with Crippen LogP contribution in [-0.2, 0) is 0 Å². The van der Waals surface area contributed by atoms with E-state index >= 15 is 0 Å². The molecule has 3 heteroatoms. The summed E-state index contributed by atoms with van der Waals surface area (Å²) >= 11 is 6.05. The van der Waals surface area contributed by atoms with Gasteiger partial charge >= 0.3 is 0 Å². The summed E-state index contributed by atoms with van der Waals surface area (Å²) in [5, 5.41) is 10.1. The number of ether oxygens (including phenoxy) is 1. The first-order valence-corrected chi connectivity index (χ1v) is 5.84. The van der Waals surface area contributed by atoms with Crippen molar-refractivity contribution in [3.63, 3.8) is 0 Å². The predicted octanol–water partition coefficient (Wildman–Crippen LogP) is 3.39. The summed E-state index contributed by atoms with van der Waals surface area (Å²) in [4.78, 5) is 0. The van der Waals surface area contributed by atoms with Crippen molar-refractivity contribution in [1.29, 1.82) is 0 Å². The van der Waals surface area contributed by atoms with Crippen LogP contribution >= 0.6 is 11.6 Å². The maximum Gasteiger partial charge on any atom is 0.125 e. The van der Waals surface area contributed by atoms with E-state index in [1.165, 1.54) is 0 Å². The van der Waals surface area contributed by atoms with E-state index in [1.807, 2.05) is 19.1 Å². The molecule has 1 unspecified atom stereocenters. The van der Waals surface area contributed by atoms with Gasteiger partial charge in [-0.15, -0.1) is 0 Å². The molecule has 1 N–H and O–H groups in total. The van der Waals surface area contributed by atoms with Gasteiger partial charge in [0.05, 0.1) is 13.7 Å². The van der Waals surface area contributed by atoms with E-state index in [-0.39, 0.29) is 12.5 Å². The molecule has 0 heterocycles. The van der Waals surface area contributed by atoms with Gasteiger partial charge in [0.1, 0.15) is 5.75 Å². The van der Waals surface area contributed by atoms with Crippen LogP contribution in [0.2, 0.25) is 5.02 Å². The first kappa shape index (κ1) is 13.3. The average molecular weight is 243 g/mol. The lowest BCUT2D eigenvalue weighted by molar-refractivity contribution is 0.234. The van der Waals surface area contributed by atoms with Crippen molar-refractivity contribution in [2.45, 2.75) is 26.7 Å². The molecule has 1 rings (SSSR count). The van der Waals surface area contributed by atoms with Gasteiger partial charge in [0, 0.05) is 16.5 Å². The topological polar surface area (TPSA) is 29.5 Å². The summed E-state index contributed by atoms with van der Waals surface area (Å²) in [6, 6.07) is 3.76. The third kappa shape index (κ3) is 2.69. The summed E-state index contributed by atoms with van der Waals surface area (Å²) in [5.41, 5.74) is 1.99. The highest BCUT2D eigenvalue weighted by molar-refractivity contribution is 6.30. The highest BCUT2D eigenvalue weighted by Gasteiger charge is 2.20. The van der Waals surface area contributed by atoms with Crippen LogP contribution in [0.3, 0.4) is 0 Å². The van der Waals surface area contributed by atoms with Crippen LogP contribution in [0.15, 0.2) is 12.1 Å². The van der Waals surface area contributed by atoms with Crippen LogP contribution in [-0.4, -0.2) is 18.8 Å². The average Bonchev–Trinajstić information content (AvgIpc) is 2.17. The summed E-state index contributed by atoms with van der Waals surface area (Å²) in [6.45, 7) is 6.23. The lowest BCUT2D eigenvalue weighted by Gasteiger charge is -2.22. The molecule has 0 spiro atoms. The van der Waals surface area contributed by atoms with Gasteiger partial charge in [-0.25, -0.2) is 0 Å². The number of methoxy groups -OCH3 is 1. The molecule has 0 radical (unpaired) electrons. The minimum Gasteiger partial charge on any atom is -0.496 e. The third-order valence-electron chi connectivity index (χ3n) is 2.87. The summed E-state index contributed by atoms with van der Waals surface area (Å²) in [7, 11) is 1.65. The van der Waals surface area contributed by atoms with Gasteiger partial charge in [0.15, 0.2) is 0 Å². The number of aryl methyl sites for hydroxylation is 1. The maximum atomic E-state index is 9.45. The molecule has 0 aliphatic heterocycles. The molecule has 0 bridgehead atoms. The van der Waals surface area contributed by atoms with Crippen molar-refractivity contribution in [3.8, 4) is 5.75 Å². The third-order valence-corrected chi connectivity index (χ3v) is 3.09. The normalized spacial score (nSPS) is 12.9. The molecule has 1 aromatic rings. The van der Waals surface area contributed by atoms with Gasteiger partial charge in [0.25, 0.3) is 0 Å². The van der Waals surface area contributed by atoms with Crippen LogP contribution in [0, 0.1) is 12.8 Å². The molecule has 0 fully saturated rings. The number of benzene rings is 1. The fourth-order valence-electron chi connectivity index (χ4n) is 1.98. The van der Waals surface area contributed by atoms with E-state index < -0.39 is 0 Å². The second-order valence-electron chi connectivity index (χ2n) is 4.38. The molecular weight excluding hydrogens is 224 g/mol. The Balaban J connectivity index is 3.29. The molecule has 1 atom stereocenters. The minimum absolute atomic E-state index is 0.0624. The first-order valence-electron chi connectivity index (χ1n) is 5.46. The Labute approximate surface area is 102 Å². The van der Waals surface area contributed by atoms with Crippen molar-refractivity contribution in [2.75, 3.05) is 13.7 Å². The standard InChI is InChI=1S/C13H19ClO2/c1-8(2)12(7-15)11-6-10(14)5-9(3)13(11)16-4/h5-6,8,12,15H,7H2,1-4H3. The van der Waals surface area contributed by atoms with Gasteiger partial charge < -0.3 is 9.84 Å². The SMILES string of the molecule is COc1c(C)cc(Cl)cc1C(CO)C(C)C. The van der Waals surface area contributed by atoms with Gasteiger partial charge in [-0.05, 0) is 30.5 Å². The van der Waals surface area contributed by atoms with Crippen LogP contribution in [0.5, 0.6) is 5.75 Å². The summed E-state index contributed by atoms with van der Waals surface area (Å²) < 4.78 is 5.39. The van der Waals surface area contributed by atoms with E-state index in [9.17, 15) is 5.11 Å². The number of hydrogen-bond donors (Lipinski definition) is 1. The van der Waals surface area contributed by atoms with Crippen molar-refractivity contribution in [2.24, 2.45) is 5.92 Å². The Bertz CT molecular complexity index is 361. The van der Waals surface area contributed by atoms with Gasteiger partial charge in [-0.3, -0.25) is 0 Å². The van der Waals surface area contributed by atoms with Crippen molar-refractivity contribution in [1.82, 2.24) is 0 Å². The minimum atomic E-state index is 0.0624. The first-order chi connectivity index (χ1) is 7.51. The Morgan fingerprint density at radius 2 is 2.00 bits per heavy atom. The van der Waals surface area contributed by atoms with Crippen molar-refractivity contribution >= 4 is 11.6 Å². The molecule has 0 aliphatic carbocycles. The fraction of sp³-hybridized carbons (Fsp3) is 0.538. The zero-order valence-corrected chi connectivity index (χ0v) is 11.0. The molecule has 16 heavy (non-hydrogen) atoms. The zero-order chi connectivity index (χ0) is 12.3. The van der Waals surface area contributed by atoms with E-state index in [1.54, 1.807) is 7.11 Å². The number of aliphatic hydroxyl groups is 1. The Kier molecular flexibility index (Phi) is 4.63. The fourth-order valence-corrected chi connectivity index (χ4v) is 2.26. The van der Waals surface area contributed by atoms with E-state index in [2.05, 4.69) is 13.8 Å². The molecule has 90 valence electrons. The second-order valence-corrected chi connectivity index (χ2v) is 4.81. The zero-order valence-electron chi connectivity index (χ0n) is 10.2. The van der Waals surface area contributed by atoms with Crippen LogP contribution < -0.4 is 4.74 Å². The van der Waals surface area contributed by atoms with Crippen molar-refractivity contribution < 1.29 is 9.84 Å². The summed E-state index contributed by atoms with van der Waals surface area (Å²) in [5.74, 6) is 1.24.